The molecular formula is C17H16FN5O. The van der Waals surface area contributed by atoms with Crippen LogP contribution in [0.3, 0.4) is 0 Å². The molecule has 3 aromatic rings. The van der Waals surface area contributed by atoms with Crippen molar-refractivity contribution in [1.82, 2.24) is 24.8 Å². The number of carbonyl (C=O) groups excluding carboxylic acids is 1. The maximum absolute atomic E-state index is 13.6. The fraction of sp³-hybridized carbons (Fsp3) is 0.176. The standard InChI is InChI=1S/C17H16FN5O/c1-11-9-21-14(10-20-11)17(24)22-15(16-19-6-7-23(16)2)12-4-3-5-13(18)8-12/h3-10,15H,1-2H3,(H,22,24). The van der Waals surface area contributed by atoms with Gasteiger partial charge in [0, 0.05) is 25.6 Å². The van der Waals surface area contributed by atoms with E-state index in [-0.39, 0.29) is 11.5 Å². The molecule has 1 unspecified atom stereocenters. The van der Waals surface area contributed by atoms with E-state index < -0.39 is 11.9 Å². The number of carbonyl (C=O) groups is 1. The first-order chi connectivity index (χ1) is 11.5. The second kappa shape index (κ2) is 6.57. The highest BCUT2D eigenvalue weighted by atomic mass is 19.1. The van der Waals surface area contributed by atoms with E-state index in [2.05, 4.69) is 20.3 Å². The summed E-state index contributed by atoms with van der Waals surface area (Å²) in [6.45, 7) is 1.79. The predicted molar refractivity (Wildman–Crippen MR) is 85.7 cm³/mol. The minimum Gasteiger partial charge on any atom is -0.337 e. The molecular weight excluding hydrogens is 309 g/mol. The van der Waals surface area contributed by atoms with E-state index in [9.17, 15) is 9.18 Å². The van der Waals surface area contributed by atoms with Gasteiger partial charge in [-0.15, -0.1) is 0 Å². The lowest BCUT2D eigenvalue weighted by Gasteiger charge is -2.19. The molecule has 6 nitrogen and oxygen atoms in total. The summed E-state index contributed by atoms with van der Waals surface area (Å²) >= 11 is 0. The Labute approximate surface area is 138 Å². The molecule has 0 saturated heterocycles. The highest BCUT2D eigenvalue weighted by molar-refractivity contribution is 5.92. The van der Waals surface area contributed by atoms with E-state index in [0.717, 1.165) is 5.69 Å². The van der Waals surface area contributed by atoms with Crippen molar-refractivity contribution in [3.8, 4) is 0 Å². The van der Waals surface area contributed by atoms with Crippen molar-refractivity contribution >= 4 is 5.91 Å². The second-order valence-corrected chi connectivity index (χ2v) is 5.40. The first-order valence-electron chi connectivity index (χ1n) is 7.37. The van der Waals surface area contributed by atoms with Crippen LogP contribution in [0.25, 0.3) is 0 Å². The van der Waals surface area contributed by atoms with Crippen LogP contribution in [0, 0.1) is 12.7 Å². The number of halogens is 1. The molecule has 3 rings (SSSR count). The third kappa shape index (κ3) is 3.29. The van der Waals surface area contributed by atoms with Gasteiger partial charge in [-0.25, -0.2) is 14.4 Å². The van der Waals surface area contributed by atoms with Gasteiger partial charge in [0.2, 0.25) is 0 Å². The molecule has 0 bridgehead atoms. The van der Waals surface area contributed by atoms with E-state index >= 15 is 0 Å². The quantitative estimate of drug-likeness (QED) is 0.798. The number of amides is 1. The first kappa shape index (κ1) is 15.8. The Morgan fingerprint density at radius 1 is 1.25 bits per heavy atom. The summed E-state index contributed by atoms with van der Waals surface area (Å²) in [6, 6.07) is 5.46. The number of imidazole rings is 1. The zero-order valence-electron chi connectivity index (χ0n) is 13.3. The molecule has 122 valence electrons. The van der Waals surface area contributed by atoms with E-state index in [0.29, 0.717) is 11.4 Å². The Morgan fingerprint density at radius 2 is 2.08 bits per heavy atom. The Bertz CT molecular complexity index is 859. The summed E-state index contributed by atoms with van der Waals surface area (Å²) in [5, 5.41) is 2.85. The smallest absolute Gasteiger partial charge is 0.272 e. The van der Waals surface area contributed by atoms with Gasteiger partial charge in [-0.1, -0.05) is 12.1 Å². The molecule has 7 heteroatoms. The number of rotatable bonds is 4. The lowest BCUT2D eigenvalue weighted by molar-refractivity contribution is 0.0935. The average Bonchev–Trinajstić information content (AvgIpc) is 2.99. The van der Waals surface area contributed by atoms with Crippen LogP contribution in [0.15, 0.2) is 49.1 Å². The van der Waals surface area contributed by atoms with E-state index in [4.69, 9.17) is 0 Å². The van der Waals surface area contributed by atoms with Gasteiger partial charge in [-0.05, 0) is 24.6 Å². The third-order valence-corrected chi connectivity index (χ3v) is 3.59. The summed E-state index contributed by atoms with van der Waals surface area (Å²) < 4.78 is 15.4. The van der Waals surface area contributed by atoms with Crippen molar-refractivity contribution in [2.45, 2.75) is 13.0 Å². The van der Waals surface area contributed by atoms with Gasteiger partial charge in [0.1, 0.15) is 23.4 Å². The van der Waals surface area contributed by atoms with Crippen LogP contribution in [-0.4, -0.2) is 25.4 Å². The Morgan fingerprint density at radius 3 is 2.71 bits per heavy atom. The maximum Gasteiger partial charge on any atom is 0.272 e. The fourth-order valence-electron chi connectivity index (χ4n) is 2.35. The minimum absolute atomic E-state index is 0.191. The fourth-order valence-corrected chi connectivity index (χ4v) is 2.35. The van der Waals surface area contributed by atoms with Crippen molar-refractivity contribution in [3.63, 3.8) is 0 Å². The van der Waals surface area contributed by atoms with Crippen LogP contribution < -0.4 is 5.32 Å². The van der Waals surface area contributed by atoms with Crippen LogP contribution in [0.1, 0.15) is 33.6 Å². The zero-order valence-corrected chi connectivity index (χ0v) is 13.3. The molecule has 0 spiro atoms. The number of hydrogen-bond acceptors (Lipinski definition) is 4. The van der Waals surface area contributed by atoms with Crippen LogP contribution in [-0.2, 0) is 7.05 Å². The summed E-state index contributed by atoms with van der Waals surface area (Å²) in [5.41, 5.74) is 1.51. The van der Waals surface area contributed by atoms with E-state index in [1.807, 2.05) is 7.05 Å². The molecule has 1 aromatic carbocycles. The van der Waals surface area contributed by atoms with Gasteiger partial charge in [0.05, 0.1) is 11.9 Å². The van der Waals surface area contributed by atoms with Crippen molar-refractivity contribution in [1.29, 1.82) is 0 Å². The number of nitrogens with one attached hydrogen (secondary N) is 1. The topological polar surface area (TPSA) is 72.7 Å². The monoisotopic (exact) mass is 325 g/mol. The minimum atomic E-state index is -0.601. The van der Waals surface area contributed by atoms with Crippen molar-refractivity contribution < 1.29 is 9.18 Å². The van der Waals surface area contributed by atoms with Gasteiger partial charge < -0.3 is 9.88 Å². The number of benzene rings is 1. The predicted octanol–water partition coefficient (Wildman–Crippen LogP) is 2.18. The van der Waals surface area contributed by atoms with E-state index in [1.165, 1.54) is 24.5 Å². The van der Waals surface area contributed by atoms with Crippen molar-refractivity contribution in [3.05, 3.63) is 77.6 Å². The Kier molecular flexibility index (Phi) is 4.33. The number of aromatic nitrogens is 4. The van der Waals surface area contributed by atoms with Gasteiger partial charge >= 0.3 is 0 Å². The highest BCUT2D eigenvalue weighted by Gasteiger charge is 2.22. The normalized spacial score (nSPS) is 12.0. The van der Waals surface area contributed by atoms with Crippen LogP contribution in [0.5, 0.6) is 0 Å². The second-order valence-electron chi connectivity index (χ2n) is 5.40. The molecule has 0 radical (unpaired) electrons. The molecule has 0 aliphatic heterocycles. The van der Waals surface area contributed by atoms with Crippen molar-refractivity contribution in [2.75, 3.05) is 0 Å². The molecule has 2 aromatic heterocycles. The Balaban J connectivity index is 1.95. The number of aryl methyl sites for hydroxylation is 2. The third-order valence-electron chi connectivity index (χ3n) is 3.59. The summed E-state index contributed by atoms with van der Waals surface area (Å²) in [7, 11) is 1.81. The number of nitrogens with zero attached hydrogens (tertiary/aromatic N) is 4. The summed E-state index contributed by atoms with van der Waals surface area (Å²) in [5.74, 6) is -0.190. The molecule has 0 aliphatic carbocycles. The number of hydrogen-bond donors (Lipinski definition) is 1. The molecule has 1 atom stereocenters. The highest BCUT2D eigenvalue weighted by Crippen LogP contribution is 2.21. The molecule has 0 saturated carbocycles. The van der Waals surface area contributed by atoms with Gasteiger partial charge in [-0.3, -0.25) is 9.78 Å². The molecule has 0 aliphatic rings. The molecule has 0 fully saturated rings. The van der Waals surface area contributed by atoms with Crippen molar-refractivity contribution in [2.24, 2.45) is 7.05 Å². The first-order valence-corrected chi connectivity index (χ1v) is 7.37. The van der Waals surface area contributed by atoms with Gasteiger partial charge in [0.15, 0.2) is 0 Å². The molecule has 2 heterocycles. The zero-order chi connectivity index (χ0) is 17.1. The molecule has 1 amide bonds. The maximum atomic E-state index is 13.6. The van der Waals surface area contributed by atoms with Crippen LogP contribution in [0.4, 0.5) is 4.39 Å². The van der Waals surface area contributed by atoms with E-state index in [1.54, 1.807) is 36.0 Å². The van der Waals surface area contributed by atoms with Gasteiger partial charge in [0.25, 0.3) is 5.91 Å². The van der Waals surface area contributed by atoms with Crippen LogP contribution in [0.2, 0.25) is 0 Å². The lowest BCUT2D eigenvalue weighted by atomic mass is 10.1. The molecule has 1 N–H and O–H groups in total. The Hall–Kier alpha value is -3.09. The van der Waals surface area contributed by atoms with Gasteiger partial charge in [-0.2, -0.15) is 0 Å². The lowest BCUT2D eigenvalue weighted by Crippen LogP contribution is -2.31. The summed E-state index contributed by atoms with van der Waals surface area (Å²) in [4.78, 5) is 24.9. The molecule has 24 heavy (non-hydrogen) atoms. The van der Waals surface area contributed by atoms with Crippen LogP contribution >= 0.6 is 0 Å². The summed E-state index contributed by atoms with van der Waals surface area (Å²) in [6.07, 6.45) is 6.32. The average molecular weight is 325 g/mol. The SMILES string of the molecule is Cc1cnc(C(=O)NC(c2cccc(F)c2)c2nccn2C)cn1. The largest absolute Gasteiger partial charge is 0.337 e.